The molecule has 0 N–H and O–H groups in total. The summed E-state index contributed by atoms with van der Waals surface area (Å²) in [5.74, 6) is -0.0633. The SMILES string of the molecule is CC(=O)N1N=C(c2ccccc2)C[C@@H]1Cc1cc2cccc(C)c2nc1Cl. The van der Waals surface area contributed by atoms with Gasteiger partial charge in [0.2, 0.25) is 5.91 Å². The van der Waals surface area contributed by atoms with Crippen LogP contribution >= 0.6 is 11.6 Å². The Labute approximate surface area is 163 Å². The molecule has 4 rings (SSSR count). The molecule has 1 aromatic heterocycles. The number of halogens is 1. The molecule has 5 heteroatoms. The van der Waals surface area contributed by atoms with Crippen LogP contribution in [0.4, 0.5) is 0 Å². The average molecular weight is 378 g/mol. The minimum absolute atomic E-state index is 0.0562. The molecule has 0 unspecified atom stereocenters. The maximum absolute atomic E-state index is 12.1. The van der Waals surface area contributed by atoms with Gasteiger partial charge in [0, 0.05) is 18.7 Å². The molecule has 0 spiro atoms. The smallest absolute Gasteiger partial charge is 0.239 e. The zero-order valence-corrected chi connectivity index (χ0v) is 16.1. The van der Waals surface area contributed by atoms with Crippen molar-refractivity contribution in [2.24, 2.45) is 5.10 Å². The zero-order valence-electron chi connectivity index (χ0n) is 15.3. The lowest BCUT2D eigenvalue weighted by Crippen LogP contribution is -2.32. The molecule has 2 aromatic carbocycles. The summed E-state index contributed by atoms with van der Waals surface area (Å²) in [6.45, 7) is 3.58. The summed E-state index contributed by atoms with van der Waals surface area (Å²) in [6, 6.07) is 18.1. The Morgan fingerprint density at radius 2 is 1.96 bits per heavy atom. The Hall–Kier alpha value is -2.72. The molecular formula is C22H20ClN3O. The van der Waals surface area contributed by atoms with E-state index in [4.69, 9.17) is 11.6 Å². The molecule has 1 atom stereocenters. The fraction of sp³-hybridized carbons (Fsp3) is 0.227. The molecule has 136 valence electrons. The van der Waals surface area contributed by atoms with Crippen molar-refractivity contribution in [2.45, 2.75) is 32.7 Å². The lowest BCUT2D eigenvalue weighted by atomic mass is 9.98. The van der Waals surface area contributed by atoms with Gasteiger partial charge in [-0.3, -0.25) is 4.79 Å². The molecular weight excluding hydrogens is 358 g/mol. The van der Waals surface area contributed by atoms with Crippen LogP contribution in [0.2, 0.25) is 5.15 Å². The third-order valence-corrected chi connectivity index (χ3v) is 5.29. The van der Waals surface area contributed by atoms with Crippen LogP contribution < -0.4 is 0 Å². The minimum atomic E-state index is -0.0633. The van der Waals surface area contributed by atoms with E-state index in [1.54, 1.807) is 11.9 Å². The first-order valence-electron chi connectivity index (χ1n) is 9.00. The number of nitrogens with zero attached hydrogens (tertiary/aromatic N) is 3. The van der Waals surface area contributed by atoms with Crippen LogP contribution in [0.15, 0.2) is 59.7 Å². The van der Waals surface area contributed by atoms with Gasteiger partial charge in [0.1, 0.15) is 5.15 Å². The van der Waals surface area contributed by atoms with Crippen molar-refractivity contribution < 1.29 is 4.79 Å². The number of carbonyl (C=O) groups excluding carboxylic acids is 1. The summed E-state index contributed by atoms with van der Waals surface area (Å²) in [4.78, 5) is 16.7. The normalized spacial score (nSPS) is 16.6. The van der Waals surface area contributed by atoms with Gasteiger partial charge < -0.3 is 0 Å². The van der Waals surface area contributed by atoms with E-state index in [-0.39, 0.29) is 11.9 Å². The quantitative estimate of drug-likeness (QED) is 0.617. The summed E-state index contributed by atoms with van der Waals surface area (Å²) in [5.41, 5.74) is 4.93. The molecule has 1 aliphatic heterocycles. The van der Waals surface area contributed by atoms with Crippen LogP contribution in [0.25, 0.3) is 10.9 Å². The molecule has 0 aliphatic carbocycles. The second-order valence-corrected chi connectivity index (χ2v) is 7.28. The molecule has 0 fully saturated rings. The lowest BCUT2D eigenvalue weighted by Gasteiger charge is -2.20. The largest absolute Gasteiger partial charge is 0.273 e. The maximum atomic E-state index is 12.1. The Bertz CT molecular complexity index is 1050. The fourth-order valence-electron chi connectivity index (χ4n) is 3.62. The van der Waals surface area contributed by atoms with Gasteiger partial charge in [-0.1, -0.05) is 60.1 Å². The number of carbonyl (C=O) groups is 1. The molecule has 0 saturated heterocycles. The van der Waals surface area contributed by atoms with Crippen molar-refractivity contribution in [1.82, 2.24) is 9.99 Å². The van der Waals surface area contributed by atoms with Crippen molar-refractivity contribution in [3.8, 4) is 0 Å². The van der Waals surface area contributed by atoms with Crippen LogP contribution in [-0.4, -0.2) is 27.7 Å². The average Bonchev–Trinajstić information content (AvgIpc) is 3.08. The molecule has 4 nitrogen and oxygen atoms in total. The highest BCUT2D eigenvalue weighted by Gasteiger charge is 2.30. The van der Waals surface area contributed by atoms with Crippen LogP contribution in [0.5, 0.6) is 0 Å². The molecule has 1 amide bonds. The summed E-state index contributed by atoms with van der Waals surface area (Å²) in [5, 5.41) is 7.72. The number of aryl methyl sites for hydroxylation is 1. The number of aromatic nitrogens is 1. The highest BCUT2D eigenvalue weighted by Crippen LogP contribution is 2.28. The predicted molar refractivity (Wildman–Crippen MR) is 109 cm³/mol. The van der Waals surface area contributed by atoms with E-state index in [0.29, 0.717) is 18.0 Å². The number of rotatable bonds is 3. The summed E-state index contributed by atoms with van der Waals surface area (Å²) in [6.07, 6.45) is 1.32. The van der Waals surface area contributed by atoms with Gasteiger partial charge in [-0.15, -0.1) is 0 Å². The minimum Gasteiger partial charge on any atom is -0.273 e. The number of amides is 1. The van der Waals surface area contributed by atoms with E-state index in [1.807, 2.05) is 55.5 Å². The van der Waals surface area contributed by atoms with Gasteiger partial charge in [0.15, 0.2) is 0 Å². The van der Waals surface area contributed by atoms with E-state index in [2.05, 4.69) is 16.2 Å². The van der Waals surface area contributed by atoms with Crippen molar-refractivity contribution in [2.75, 3.05) is 0 Å². The fourth-order valence-corrected chi connectivity index (χ4v) is 3.84. The standard InChI is InChI=1S/C22H20ClN3O/c1-14-7-6-10-17-11-18(22(23)24-21(14)17)12-19-13-20(25-26(19)15(2)27)16-8-4-3-5-9-16/h3-11,19H,12-13H2,1-2H3/t19-/m0/s1. The first kappa shape index (κ1) is 17.7. The number of hydrogen-bond donors (Lipinski definition) is 0. The first-order chi connectivity index (χ1) is 13.0. The molecule has 0 radical (unpaired) electrons. The highest BCUT2D eigenvalue weighted by atomic mass is 35.5. The van der Waals surface area contributed by atoms with Crippen molar-refractivity contribution in [3.63, 3.8) is 0 Å². The van der Waals surface area contributed by atoms with Gasteiger partial charge >= 0.3 is 0 Å². The molecule has 27 heavy (non-hydrogen) atoms. The van der Waals surface area contributed by atoms with E-state index in [0.717, 1.165) is 33.3 Å². The van der Waals surface area contributed by atoms with E-state index < -0.39 is 0 Å². The van der Waals surface area contributed by atoms with Gasteiger partial charge in [-0.2, -0.15) is 5.10 Å². The number of fused-ring (bicyclic) bond motifs is 1. The van der Waals surface area contributed by atoms with E-state index >= 15 is 0 Å². The predicted octanol–water partition coefficient (Wildman–Crippen LogP) is 4.76. The monoisotopic (exact) mass is 377 g/mol. The van der Waals surface area contributed by atoms with Crippen LogP contribution in [0, 0.1) is 6.92 Å². The number of pyridine rings is 1. The van der Waals surface area contributed by atoms with E-state index in [1.165, 1.54) is 0 Å². The Morgan fingerprint density at radius 3 is 2.70 bits per heavy atom. The summed E-state index contributed by atoms with van der Waals surface area (Å²) in [7, 11) is 0. The summed E-state index contributed by atoms with van der Waals surface area (Å²) >= 11 is 6.48. The zero-order chi connectivity index (χ0) is 19.0. The van der Waals surface area contributed by atoms with Crippen LogP contribution in [0.3, 0.4) is 0 Å². The first-order valence-corrected chi connectivity index (χ1v) is 9.38. The molecule has 0 bridgehead atoms. The van der Waals surface area contributed by atoms with Crippen LogP contribution in [0.1, 0.15) is 30.0 Å². The topological polar surface area (TPSA) is 45.6 Å². The van der Waals surface area contributed by atoms with E-state index in [9.17, 15) is 4.79 Å². The van der Waals surface area contributed by atoms with Crippen molar-refractivity contribution in [1.29, 1.82) is 0 Å². The molecule has 2 heterocycles. The van der Waals surface area contributed by atoms with Crippen molar-refractivity contribution >= 4 is 34.1 Å². The van der Waals surface area contributed by atoms with Gasteiger partial charge in [0.05, 0.1) is 17.3 Å². The highest BCUT2D eigenvalue weighted by molar-refractivity contribution is 6.30. The summed E-state index contributed by atoms with van der Waals surface area (Å²) < 4.78 is 0. The number of hydrazone groups is 1. The Kier molecular flexibility index (Phi) is 4.66. The third kappa shape index (κ3) is 3.45. The van der Waals surface area contributed by atoms with Gasteiger partial charge in [-0.25, -0.2) is 9.99 Å². The van der Waals surface area contributed by atoms with Crippen LogP contribution in [-0.2, 0) is 11.2 Å². The maximum Gasteiger partial charge on any atom is 0.239 e. The molecule has 3 aromatic rings. The number of hydrogen-bond acceptors (Lipinski definition) is 3. The van der Waals surface area contributed by atoms with Gasteiger partial charge in [-0.05, 0) is 36.1 Å². The molecule has 0 saturated carbocycles. The third-order valence-electron chi connectivity index (χ3n) is 4.96. The Balaban J connectivity index is 1.65. The van der Waals surface area contributed by atoms with Gasteiger partial charge in [0.25, 0.3) is 0 Å². The lowest BCUT2D eigenvalue weighted by molar-refractivity contribution is -0.130. The number of benzene rings is 2. The number of para-hydroxylation sites is 1. The molecule has 1 aliphatic rings. The second kappa shape index (κ2) is 7.12. The Morgan fingerprint density at radius 1 is 1.19 bits per heavy atom. The second-order valence-electron chi connectivity index (χ2n) is 6.92. The van der Waals surface area contributed by atoms with Crippen molar-refractivity contribution in [3.05, 3.63) is 76.4 Å².